The molecule has 0 spiro atoms. The SMILES string of the molecule is CC(C)C1CC(F)(P)C1. The van der Waals surface area contributed by atoms with Crippen LogP contribution in [-0.2, 0) is 0 Å². The first kappa shape index (κ1) is 7.47. The Hall–Kier alpha value is 0.360. The van der Waals surface area contributed by atoms with Crippen LogP contribution in [0.3, 0.4) is 0 Å². The number of rotatable bonds is 1. The molecule has 1 atom stereocenters. The topological polar surface area (TPSA) is 0 Å². The summed E-state index contributed by atoms with van der Waals surface area (Å²) >= 11 is 0. The van der Waals surface area contributed by atoms with Gasteiger partial charge in [-0.05, 0) is 24.7 Å². The van der Waals surface area contributed by atoms with E-state index in [0.717, 1.165) is 12.8 Å². The smallest absolute Gasteiger partial charge is 0.124 e. The van der Waals surface area contributed by atoms with Crippen molar-refractivity contribution in [2.24, 2.45) is 11.8 Å². The van der Waals surface area contributed by atoms with E-state index < -0.39 is 5.41 Å². The van der Waals surface area contributed by atoms with Gasteiger partial charge in [0.25, 0.3) is 0 Å². The Labute approximate surface area is 58.4 Å². The zero-order chi connectivity index (χ0) is 7.07. The molecule has 2 heteroatoms. The molecule has 0 nitrogen and oxygen atoms in total. The molecule has 0 N–H and O–H groups in total. The van der Waals surface area contributed by atoms with E-state index in [1.54, 1.807) is 0 Å². The molecule has 1 rings (SSSR count). The third-order valence-corrected chi connectivity index (χ3v) is 2.62. The Morgan fingerprint density at radius 1 is 1.56 bits per heavy atom. The fourth-order valence-corrected chi connectivity index (χ4v) is 1.89. The van der Waals surface area contributed by atoms with E-state index in [4.69, 9.17) is 0 Å². The molecule has 1 aliphatic rings. The summed E-state index contributed by atoms with van der Waals surface area (Å²) in [5.74, 6) is 1.29. The van der Waals surface area contributed by atoms with Gasteiger partial charge in [-0.3, -0.25) is 0 Å². The third kappa shape index (κ3) is 1.64. The zero-order valence-corrected chi connectivity index (χ0v) is 7.18. The van der Waals surface area contributed by atoms with Crippen LogP contribution in [-0.4, -0.2) is 5.41 Å². The summed E-state index contributed by atoms with van der Waals surface area (Å²) in [5.41, 5.74) is 0. The van der Waals surface area contributed by atoms with Crippen molar-refractivity contribution in [3.05, 3.63) is 0 Å². The molecule has 1 saturated carbocycles. The van der Waals surface area contributed by atoms with E-state index in [1.807, 2.05) is 0 Å². The lowest BCUT2D eigenvalue weighted by molar-refractivity contribution is 0.0651. The van der Waals surface area contributed by atoms with Gasteiger partial charge in [0.05, 0.1) is 0 Å². The van der Waals surface area contributed by atoms with Crippen molar-refractivity contribution >= 4 is 9.24 Å². The Kier molecular flexibility index (Phi) is 1.82. The summed E-state index contributed by atoms with van der Waals surface area (Å²) in [6.07, 6.45) is 1.49. The van der Waals surface area contributed by atoms with Gasteiger partial charge >= 0.3 is 0 Å². The number of halogens is 1. The fourth-order valence-electron chi connectivity index (χ4n) is 1.28. The fraction of sp³-hybridized carbons (Fsp3) is 1.00. The minimum absolute atomic E-state index is 0.632. The molecule has 0 amide bonds. The molecular formula is C7H14FP. The molecule has 0 aromatic heterocycles. The van der Waals surface area contributed by atoms with E-state index in [-0.39, 0.29) is 0 Å². The molecule has 1 aliphatic carbocycles. The Balaban J connectivity index is 2.27. The Bertz CT molecular complexity index is 101. The average Bonchev–Trinajstić information content (AvgIpc) is 1.59. The van der Waals surface area contributed by atoms with Crippen molar-refractivity contribution in [2.75, 3.05) is 0 Å². The maximum atomic E-state index is 12.8. The molecule has 0 aromatic carbocycles. The first-order valence-electron chi connectivity index (χ1n) is 3.49. The predicted molar refractivity (Wildman–Crippen MR) is 41.1 cm³/mol. The van der Waals surface area contributed by atoms with Crippen molar-refractivity contribution in [3.8, 4) is 0 Å². The standard InChI is InChI=1S/C7H14FP/c1-5(2)6-3-7(8,9)4-6/h5-6H,3-4,9H2,1-2H3. The lowest BCUT2D eigenvalue weighted by atomic mass is 9.75. The highest BCUT2D eigenvalue weighted by atomic mass is 31.0. The molecule has 1 fully saturated rings. The zero-order valence-electron chi connectivity index (χ0n) is 6.02. The monoisotopic (exact) mass is 148 g/mol. The van der Waals surface area contributed by atoms with Gasteiger partial charge in [-0.1, -0.05) is 23.1 Å². The Morgan fingerprint density at radius 2 is 2.00 bits per heavy atom. The summed E-state index contributed by atoms with van der Waals surface area (Å²) in [7, 11) is 2.28. The van der Waals surface area contributed by atoms with Crippen LogP contribution in [0.25, 0.3) is 0 Å². The summed E-state index contributed by atoms with van der Waals surface area (Å²) in [6.45, 7) is 4.31. The highest BCUT2D eigenvalue weighted by molar-refractivity contribution is 7.18. The number of hydrogen-bond donors (Lipinski definition) is 0. The quantitative estimate of drug-likeness (QED) is 0.501. The molecular weight excluding hydrogens is 134 g/mol. The van der Waals surface area contributed by atoms with Gasteiger partial charge in [0.15, 0.2) is 0 Å². The van der Waals surface area contributed by atoms with Gasteiger partial charge in [0, 0.05) is 0 Å². The minimum Gasteiger partial charge on any atom is -0.240 e. The summed E-state index contributed by atoms with van der Waals surface area (Å²) in [5, 5.41) is -0.908. The van der Waals surface area contributed by atoms with E-state index in [9.17, 15) is 4.39 Å². The second kappa shape index (κ2) is 2.20. The van der Waals surface area contributed by atoms with Gasteiger partial charge in [-0.2, -0.15) is 0 Å². The third-order valence-electron chi connectivity index (χ3n) is 2.15. The molecule has 0 radical (unpaired) electrons. The van der Waals surface area contributed by atoms with Crippen LogP contribution in [0.15, 0.2) is 0 Å². The molecule has 9 heavy (non-hydrogen) atoms. The molecule has 1 unspecified atom stereocenters. The van der Waals surface area contributed by atoms with E-state index in [0.29, 0.717) is 11.8 Å². The van der Waals surface area contributed by atoms with E-state index in [1.165, 1.54) is 0 Å². The Morgan fingerprint density at radius 3 is 2.11 bits per heavy atom. The lowest BCUT2D eigenvalue weighted by Gasteiger charge is -2.40. The highest BCUT2D eigenvalue weighted by Crippen LogP contribution is 2.48. The number of hydrogen-bond acceptors (Lipinski definition) is 0. The summed E-state index contributed by atoms with van der Waals surface area (Å²) in [4.78, 5) is 0. The predicted octanol–water partition coefficient (Wildman–Crippen LogP) is 2.59. The molecule has 0 bridgehead atoms. The van der Waals surface area contributed by atoms with Gasteiger partial charge in [0.1, 0.15) is 5.41 Å². The summed E-state index contributed by atoms with van der Waals surface area (Å²) in [6, 6.07) is 0. The first-order valence-corrected chi connectivity index (χ1v) is 4.07. The number of alkyl halides is 1. The maximum absolute atomic E-state index is 12.8. The average molecular weight is 148 g/mol. The van der Waals surface area contributed by atoms with Crippen molar-refractivity contribution in [2.45, 2.75) is 32.1 Å². The van der Waals surface area contributed by atoms with Crippen LogP contribution < -0.4 is 0 Å². The summed E-state index contributed by atoms with van der Waals surface area (Å²) < 4.78 is 12.8. The molecule has 54 valence electrons. The second-order valence-corrected chi connectivity index (χ2v) is 4.48. The highest BCUT2D eigenvalue weighted by Gasteiger charge is 2.41. The van der Waals surface area contributed by atoms with Crippen LogP contribution in [0, 0.1) is 11.8 Å². The van der Waals surface area contributed by atoms with E-state index in [2.05, 4.69) is 23.1 Å². The van der Waals surface area contributed by atoms with Gasteiger partial charge in [-0.15, -0.1) is 0 Å². The molecule has 0 heterocycles. The molecule has 0 aromatic rings. The lowest BCUT2D eigenvalue weighted by Crippen LogP contribution is -2.36. The van der Waals surface area contributed by atoms with Gasteiger partial charge in [-0.25, -0.2) is 4.39 Å². The normalized spacial score (nSPS) is 43.0. The minimum atomic E-state index is -0.908. The van der Waals surface area contributed by atoms with Gasteiger partial charge in [0.2, 0.25) is 0 Å². The molecule has 0 saturated heterocycles. The van der Waals surface area contributed by atoms with Crippen molar-refractivity contribution in [3.63, 3.8) is 0 Å². The second-order valence-electron chi connectivity index (χ2n) is 3.45. The van der Waals surface area contributed by atoms with Crippen molar-refractivity contribution in [1.29, 1.82) is 0 Å². The van der Waals surface area contributed by atoms with E-state index >= 15 is 0 Å². The van der Waals surface area contributed by atoms with Crippen molar-refractivity contribution in [1.82, 2.24) is 0 Å². The first-order chi connectivity index (χ1) is 4.01. The van der Waals surface area contributed by atoms with Crippen LogP contribution in [0.4, 0.5) is 4.39 Å². The maximum Gasteiger partial charge on any atom is 0.124 e. The van der Waals surface area contributed by atoms with Crippen LogP contribution in [0.2, 0.25) is 0 Å². The van der Waals surface area contributed by atoms with Crippen LogP contribution in [0.1, 0.15) is 26.7 Å². The van der Waals surface area contributed by atoms with Crippen LogP contribution >= 0.6 is 9.24 Å². The van der Waals surface area contributed by atoms with Crippen molar-refractivity contribution < 1.29 is 4.39 Å². The van der Waals surface area contributed by atoms with Crippen LogP contribution in [0.5, 0.6) is 0 Å². The molecule has 0 aliphatic heterocycles. The largest absolute Gasteiger partial charge is 0.240 e. The van der Waals surface area contributed by atoms with Gasteiger partial charge < -0.3 is 0 Å².